The minimum absolute atomic E-state index is 0.135. The van der Waals surface area contributed by atoms with Crippen molar-refractivity contribution in [2.45, 2.75) is 38.5 Å². The molecule has 1 amide bonds. The monoisotopic (exact) mass is 328 g/mol. The highest BCUT2D eigenvalue weighted by Gasteiger charge is 2.41. The number of nitrogens with zero attached hydrogens (tertiary/aromatic N) is 1. The van der Waals surface area contributed by atoms with E-state index in [-0.39, 0.29) is 31.4 Å². The molecular formula is C16H22F2N2O3. The molecule has 0 saturated carbocycles. The maximum Gasteiger partial charge on any atom is 0.247 e. The molecule has 0 aromatic heterocycles. The number of hydrogen-bond acceptors (Lipinski definition) is 4. The van der Waals surface area contributed by atoms with Gasteiger partial charge in [0.05, 0.1) is 19.3 Å². The van der Waals surface area contributed by atoms with Crippen molar-refractivity contribution >= 4 is 5.91 Å². The van der Waals surface area contributed by atoms with Crippen molar-refractivity contribution in [2.24, 2.45) is 5.73 Å². The number of amides is 1. The molecule has 1 saturated heterocycles. The molecule has 1 heterocycles. The topological polar surface area (TPSA) is 75.8 Å². The molecule has 1 fully saturated rings. The number of hydrogen-bond donors (Lipinski definition) is 2. The predicted molar refractivity (Wildman–Crippen MR) is 80.6 cm³/mol. The number of ether oxygens (including phenoxy) is 1. The average Bonchev–Trinajstić information content (AvgIpc) is 2.51. The van der Waals surface area contributed by atoms with Gasteiger partial charge in [-0.25, -0.2) is 8.78 Å². The number of rotatable bonds is 4. The highest BCUT2D eigenvalue weighted by atomic mass is 19.2. The fourth-order valence-corrected chi connectivity index (χ4v) is 3.18. The van der Waals surface area contributed by atoms with Crippen LogP contribution in [0.3, 0.4) is 0 Å². The van der Waals surface area contributed by atoms with Gasteiger partial charge in [-0.2, -0.15) is 0 Å². The second kappa shape index (κ2) is 6.51. The van der Waals surface area contributed by atoms with Crippen LogP contribution in [0.15, 0.2) is 12.1 Å². The van der Waals surface area contributed by atoms with Crippen LogP contribution in [0.5, 0.6) is 0 Å². The molecule has 0 radical (unpaired) electrons. The second-order valence-electron chi connectivity index (χ2n) is 6.31. The first-order valence-corrected chi connectivity index (χ1v) is 7.43. The maximum absolute atomic E-state index is 13.9. The normalized spacial score (nSPS) is 23.0. The number of halogens is 2. The first-order chi connectivity index (χ1) is 10.7. The summed E-state index contributed by atoms with van der Waals surface area (Å²) in [6, 6.07) is 2.24. The number of morpholine rings is 1. The van der Waals surface area contributed by atoms with E-state index >= 15 is 0 Å². The summed E-state index contributed by atoms with van der Waals surface area (Å²) >= 11 is 0. The first-order valence-electron chi connectivity index (χ1n) is 7.43. The van der Waals surface area contributed by atoms with Crippen LogP contribution in [0.25, 0.3) is 0 Å². The van der Waals surface area contributed by atoms with Gasteiger partial charge in [0.1, 0.15) is 6.10 Å². The average molecular weight is 328 g/mol. The van der Waals surface area contributed by atoms with Crippen LogP contribution in [0.4, 0.5) is 8.78 Å². The molecule has 0 bridgehead atoms. The van der Waals surface area contributed by atoms with Gasteiger partial charge in [-0.1, -0.05) is 6.07 Å². The van der Waals surface area contributed by atoms with Gasteiger partial charge in [0.15, 0.2) is 11.6 Å². The summed E-state index contributed by atoms with van der Waals surface area (Å²) in [6.45, 7) is 5.30. The third-order valence-corrected chi connectivity index (χ3v) is 4.54. The zero-order chi connectivity index (χ0) is 17.4. The Morgan fingerprint density at radius 3 is 2.70 bits per heavy atom. The van der Waals surface area contributed by atoms with Crippen LogP contribution >= 0.6 is 0 Å². The Balaban J connectivity index is 2.42. The number of benzene rings is 1. The Labute approximate surface area is 134 Å². The molecule has 7 heteroatoms. The molecule has 5 nitrogen and oxygen atoms in total. The molecular weight excluding hydrogens is 306 g/mol. The predicted octanol–water partition coefficient (Wildman–Crippen LogP) is 1.06. The molecule has 23 heavy (non-hydrogen) atoms. The van der Waals surface area contributed by atoms with E-state index in [0.717, 1.165) is 6.07 Å². The molecule has 2 rings (SSSR count). The Hall–Kier alpha value is -1.57. The molecule has 1 aliphatic rings. The van der Waals surface area contributed by atoms with Crippen molar-refractivity contribution < 1.29 is 23.4 Å². The van der Waals surface area contributed by atoms with E-state index in [0.29, 0.717) is 5.56 Å². The van der Waals surface area contributed by atoms with Crippen LogP contribution in [0.1, 0.15) is 25.0 Å². The van der Waals surface area contributed by atoms with E-state index in [1.165, 1.54) is 13.0 Å². The van der Waals surface area contributed by atoms with Crippen molar-refractivity contribution in [1.29, 1.82) is 0 Å². The zero-order valence-corrected chi connectivity index (χ0v) is 13.5. The lowest BCUT2D eigenvalue weighted by Gasteiger charge is -2.48. The molecule has 2 atom stereocenters. The Morgan fingerprint density at radius 1 is 1.48 bits per heavy atom. The zero-order valence-electron chi connectivity index (χ0n) is 13.5. The van der Waals surface area contributed by atoms with Crippen LogP contribution in [-0.4, -0.2) is 47.8 Å². The van der Waals surface area contributed by atoms with E-state index < -0.39 is 29.2 Å². The Kier molecular flexibility index (Phi) is 5.03. The van der Waals surface area contributed by atoms with Crippen molar-refractivity contribution in [2.75, 3.05) is 19.8 Å². The van der Waals surface area contributed by atoms with Crippen LogP contribution < -0.4 is 5.73 Å². The van der Waals surface area contributed by atoms with Gasteiger partial charge in [-0.05, 0) is 38.0 Å². The number of aliphatic hydroxyl groups is 1. The van der Waals surface area contributed by atoms with Gasteiger partial charge in [0, 0.05) is 12.1 Å². The molecule has 3 N–H and O–H groups in total. The lowest BCUT2D eigenvalue weighted by Crippen LogP contribution is -2.60. The minimum atomic E-state index is -0.905. The number of nitrogens with two attached hydrogens (primary N) is 1. The van der Waals surface area contributed by atoms with E-state index in [4.69, 9.17) is 10.5 Å². The van der Waals surface area contributed by atoms with Crippen LogP contribution in [0, 0.1) is 18.6 Å². The number of carbonyl (C=O) groups excluding carboxylic acids is 1. The summed E-state index contributed by atoms with van der Waals surface area (Å²) in [4.78, 5) is 13.3. The minimum Gasteiger partial charge on any atom is -0.395 e. The molecule has 1 aliphatic heterocycles. The van der Waals surface area contributed by atoms with Gasteiger partial charge in [0.2, 0.25) is 5.91 Å². The summed E-state index contributed by atoms with van der Waals surface area (Å²) in [5, 5.41) is 9.59. The molecule has 128 valence electrons. The first kappa shape index (κ1) is 17.8. The summed E-state index contributed by atoms with van der Waals surface area (Å²) in [5.41, 5.74) is 5.35. The van der Waals surface area contributed by atoms with Crippen molar-refractivity contribution in [3.8, 4) is 0 Å². The smallest absolute Gasteiger partial charge is 0.247 e. The number of primary amides is 1. The van der Waals surface area contributed by atoms with Crippen LogP contribution in [-0.2, 0) is 15.1 Å². The second-order valence-corrected chi connectivity index (χ2v) is 6.31. The Morgan fingerprint density at radius 2 is 2.13 bits per heavy atom. The van der Waals surface area contributed by atoms with Gasteiger partial charge in [-0.3, -0.25) is 9.69 Å². The lowest BCUT2D eigenvalue weighted by molar-refractivity contribution is -0.148. The van der Waals surface area contributed by atoms with Gasteiger partial charge >= 0.3 is 0 Å². The molecule has 0 aliphatic carbocycles. The molecule has 1 aromatic rings. The van der Waals surface area contributed by atoms with Crippen molar-refractivity contribution in [3.05, 3.63) is 34.9 Å². The third kappa shape index (κ3) is 3.22. The summed E-state index contributed by atoms with van der Waals surface area (Å²) in [5.74, 6) is -2.39. The summed E-state index contributed by atoms with van der Waals surface area (Å²) < 4.78 is 32.7. The number of carbonyl (C=O) groups is 1. The molecule has 1 aromatic carbocycles. The highest BCUT2D eigenvalue weighted by molar-refractivity contribution is 5.79. The van der Waals surface area contributed by atoms with Crippen LogP contribution in [0.2, 0.25) is 0 Å². The van der Waals surface area contributed by atoms with Gasteiger partial charge in [0.25, 0.3) is 0 Å². The standard InChI is InChI=1S/C16H22F2N2O3/c1-9-11(4-5-12(17)14(9)18)16(2,3)20-6-13(15(19)22)23-8-10(20)7-21/h4-5,10,13,21H,6-8H2,1-3H3,(H2,19,22). The fraction of sp³-hybridized carbons (Fsp3) is 0.562. The summed E-state index contributed by atoms with van der Waals surface area (Å²) in [6.07, 6.45) is -0.803. The Bertz CT molecular complexity index is 607. The molecule has 2 unspecified atom stereocenters. The molecule has 0 spiro atoms. The van der Waals surface area contributed by atoms with Crippen molar-refractivity contribution in [1.82, 2.24) is 4.90 Å². The third-order valence-electron chi connectivity index (χ3n) is 4.54. The van der Waals surface area contributed by atoms with E-state index in [1.807, 2.05) is 18.7 Å². The fourth-order valence-electron chi connectivity index (χ4n) is 3.18. The quantitative estimate of drug-likeness (QED) is 0.866. The summed E-state index contributed by atoms with van der Waals surface area (Å²) in [7, 11) is 0. The highest BCUT2D eigenvalue weighted by Crippen LogP contribution is 2.35. The van der Waals surface area contributed by atoms with Crippen molar-refractivity contribution in [3.63, 3.8) is 0 Å². The maximum atomic E-state index is 13.9. The van der Waals surface area contributed by atoms with E-state index in [2.05, 4.69) is 0 Å². The van der Waals surface area contributed by atoms with Gasteiger partial charge in [-0.15, -0.1) is 0 Å². The van der Waals surface area contributed by atoms with E-state index in [9.17, 15) is 18.7 Å². The number of aliphatic hydroxyl groups excluding tert-OH is 1. The largest absolute Gasteiger partial charge is 0.395 e. The SMILES string of the molecule is Cc1c(C(C)(C)N2CC(C(N)=O)OCC2CO)ccc(F)c1F. The lowest BCUT2D eigenvalue weighted by atomic mass is 9.86. The van der Waals surface area contributed by atoms with E-state index in [1.54, 1.807) is 0 Å². The van der Waals surface area contributed by atoms with Gasteiger partial charge < -0.3 is 15.6 Å².